The van der Waals surface area contributed by atoms with Crippen molar-refractivity contribution in [3.8, 4) is 0 Å². The average molecular weight is 274 g/mol. The van der Waals surface area contributed by atoms with Crippen molar-refractivity contribution in [2.24, 2.45) is 0 Å². The molecule has 0 heterocycles. The minimum atomic E-state index is -5.41. The number of halogens is 4. The fourth-order valence-corrected chi connectivity index (χ4v) is 1.19. The van der Waals surface area contributed by atoms with Crippen LogP contribution in [-0.2, 0) is 16.0 Å². The van der Waals surface area contributed by atoms with Gasteiger partial charge in [0.15, 0.2) is 0 Å². The second-order valence-electron chi connectivity index (χ2n) is 3.18. The summed E-state index contributed by atoms with van der Waals surface area (Å²) in [6.07, 6.45) is -0.310. The summed E-state index contributed by atoms with van der Waals surface area (Å²) in [5.41, 5.74) is -1.25. The van der Waals surface area contributed by atoms with Crippen LogP contribution < -0.4 is 56.8 Å². The first-order valence-electron chi connectivity index (χ1n) is 4.39. The van der Waals surface area contributed by atoms with Gasteiger partial charge in [0.05, 0.1) is 19.3 Å². The van der Waals surface area contributed by atoms with Gasteiger partial charge < -0.3 is 17.7 Å². The first-order chi connectivity index (χ1) is 7.34. The summed E-state index contributed by atoms with van der Waals surface area (Å²) in [5, 5.41) is 0. The van der Waals surface area contributed by atoms with Gasteiger partial charge in [-0.1, -0.05) is 17.6 Å². The minimum absolute atomic E-state index is 0. The normalized spacial score (nSPS) is 10.6. The molecule has 8 heteroatoms. The zero-order chi connectivity index (χ0) is 12.3. The van der Waals surface area contributed by atoms with E-state index < -0.39 is 24.2 Å². The van der Waals surface area contributed by atoms with E-state index in [0.29, 0.717) is 12.1 Å². The summed E-state index contributed by atoms with van der Waals surface area (Å²) in [4.78, 5) is 10.8. The molecule has 0 spiro atoms. The third-order valence-corrected chi connectivity index (χ3v) is 1.99. The molecule has 0 aliphatic rings. The quantitative estimate of drug-likeness (QED) is 0.385. The monoisotopic (exact) mass is 274 g/mol. The van der Waals surface area contributed by atoms with Crippen LogP contribution in [0.25, 0.3) is 0 Å². The molecule has 0 aliphatic carbocycles. The van der Waals surface area contributed by atoms with Gasteiger partial charge in [-0.3, -0.25) is 4.79 Å². The van der Waals surface area contributed by atoms with Crippen LogP contribution in [0.2, 0.25) is 0 Å². The maximum absolute atomic E-state index is 12.9. The van der Waals surface area contributed by atoms with E-state index in [4.69, 9.17) is 0 Å². The topological polar surface area (TPSA) is 26.3 Å². The number of benzene rings is 1. The molecule has 0 saturated heterocycles. The summed E-state index contributed by atoms with van der Waals surface area (Å²) < 4.78 is 54.2. The third-order valence-electron chi connectivity index (χ3n) is 1.99. The predicted molar refractivity (Wildman–Crippen MR) is 50.8 cm³/mol. The van der Waals surface area contributed by atoms with Gasteiger partial charge in [-0.2, -0.15) is 0 Å². The maximum Gasteiger partial charge on any atom is 1.00 e. The van der Waals surface area contributed by atoms with E-state index in [1.807, 2.05) is 0 Å². The molecule has 0 unspecified atom stereocenters. The van der Waals surface area contributed by atoms with Gasteiger partial charge in [0, 0.05) is 0 Å². The summed E-state index contributed by atoms with van der Waals surface area (Å²) in [6.45, 7) is -5.41. The van der Waals surface area contributed by atoms with Crippen molar-refractivity contribution in [2.45, 2.75) is 6.42 Å². The molecule has 88 valence electrons. The number of methoxy groups -OCH3 is 1. The van der Waals surface area contributed by atoms with Crippen molar-refractivity contribution in [2.75, 3.05) is 7.11 Å². The van der Waals surface area contributed by atoms with Gasteiger partial charge in [0.2, 0.25) is 0 Å². The van der Waals surface area contributed by atoms with E-state index in [0.717, 1.165) is 13.2 Å². The van der Waals surface area contributed by atoms with Crippen LogP contribution in [0.15, 0.2) is 18.2 Å². The standard InChI is InChI=1S/C9H8BF4O2.K/c1-16-9(15)5-6-2-3-8(11)7(4-6)10(12,13)14;/h2-4H,5H2,1H3;/q-1;+1. The molecule has 2 nitrogen and oxygen atoms in total. The zero-order valence-corrected chi connectivity index (χ0v) is 12.5. The number of carbonyl (C=O) groups excluding carboxylic acids is 1. The number of hydrogen-bond donors (Lipinski definition) is 0. The van der Waals surface area contributed by atoms with Crippen molar-refractivity contribution in [1.82, 2.24) is 0 Å². The molecule has 0 fully saturated rings. The molecular formula is C9H8BF4KO2. The Bertz CT molecular complexity index is 408. The number of esters is 1. The fraction of sp³-hybridized carbons (Fsp3) is 0.222. The molecule has 0 radical (unpaired) electrons. The molecule has 17 heavy (non-hydrogen) atoms. The van der Waals surface area contributed by atoms with Crippen molar-refractivity contribution < 1.29 is 78.3 Å². The van der Waals surface area contributed by atoms with Gasteiger partial charge in [0.1, 0.15) is 0 Å². The Balaban J connectivity index is 0.00000256. The van der Waals surface area contributed by atoms with E-state index in [2.05, 4.69) is 4.74 Å². The Hall–Kier alpha value is 0.111. The van der Waals surface area contributed by atoms with Crippen LogP contribution in [0.4, 0.5) is 17.3 Å². The smallest absolute Gasteiger partial charge is 0.469 e. The van der Waals surface area contributed by atoms with Crippen LogP contribution in [0, 0.1) is 5.82 Å². The van der Waals surface area contributed by atoms with Crippen LogP contribution in [-0.4, -0.2) is 20.1 Å². The fourth-order valence-electron chi connectivity index (χ4n) is 1.19. The van der Waals surface area contributed by atoms with Gasteiger partial charge in [0.25, 0.3) is 0 Å². The summed E-state index contributed by atoms with van der Waals surface area (Å²) in [7, 11) is 1.13. The van der Waals surface area contributed by atoms with Crippen molar-refractivity contribution in [3.05, 3.63) is 29.6 Å². The van der Waals surface area contributed by atoms with Gasteiger partial charge in [-0.25, -0.2) is 4.39 Å². The number of rotatable bonds is 3. The second kappa shape index (κ2) is 6.89. The molecule has 0 amide bonds. The molecule has 0 aromatic heterocycles. The van der Waals surface area contributed by atoms with Crippen molar-refractivity contribution in [1.29, 1.82) is 0 Å². The Kier molecular flexibility index (Phi) is 6.93. The van der Waals surface area contributed by atoms with E-state index in [-0.39, 0.29) is 63.4 Å². The van der Waals surface area contributed by atoms with Gasteiger partial charge in [-0.15, -0.1) is 0 Å². The van der Waals surface area contributed by atoms with Crippen molar-refractivity contribution in [3.63, 3.8) is 0 Å². The van der Waals surface area contributed by atoms with Crippen molar-refractivity contribution >= 4 is 18.4 Å². The SMILES string of the molecule is COC(=O)Cc1ccc(F)c([B-](F)(F)F)c1.[K+]. The van der Waals surface area contributed by atoms with E-state index in [1.54, 1.807) is 0 Å². The molecular weight excluding hydrogens is 266 g/mol. The zero-order valence-electron chi connectivity index (χ0n) is 9.34. The second-order valence-corrected chi connectivity index (χ2v) is 3.18. The molecule has 1 rings (SSSR count). The minimum Gasteiger partial charge on any atom is -0.469 e. The Morgan fingerprint density at radius 1 is 1.35 bits per heavy atom. The molecule has 0 aliphatic heterocycles. The summed E-state index contributed by atoms with van der Waals surface area (Å²) in [5.74, 6) is -2.01. The van der Waals surface area contributed by atoms with Gasteiger partial charge in [-0.05, 0) is 11.6 Å². The first kappa shape index (κ1) is 17.1. The molecule has 0 saturated carbocycles. The predicted octanol–water partition coefficient (Wildman–Crippen LogP) is -1.40. The molecule has 1 aromatic carbocycles. The van der Waals surface area contributed by atoms with Crippen LogP contribution >= 0.6 is 0 Å². The van der Waals surface area contributed by atoms with E-state index in [9.17, 15) is 22.1 Å². The van der Waals surface area contributed by atoms with E-state index in [1.165, 1.54) is 0 Å². The number of carbonyl (C=O) groups is 1. The summed E-state index contributed by atoms with van der Waals surface area (Å²) in [6, 6.07) is 2.45. The first-order valence-corrected chi connectivity index (χ1v) is 4.39. The largest absolute Gasteiger partial charge is 1.00 e. The molecule has 1 aromatic rings. The van der Waals surface area contributed by atoms with Crippen LogP contribution in [0.1, 0.15) is 5.56 Å². The Morgan fingerprint density at radius 3 is 2.41 bits per heavy atom. The molecule has 0 bridgehead atoms. The van der Waals surface area contributed by atoms with Crippen LogP contribution in [0.5, 0.6) is 0 Å². The third kappa shape index (κ3) is 5.09. The molecule has 0 N–H and O–H groups in total. The molecule has 0 atom stereocenters. The maximum atomic E-state index is 12.9. The summed E-state index contributed by atoms with van der Waals surface area (Å²) >= 11 is 0. The number of ether oxygens (including phenoxy) is 1. The van der Waals surface area contributed by atoms with Gasteiger partial charge >= 0.3 is 64.3 Å². The Morgan fingerprint density at radius 2 is 1.94 bits per heavy atom. The average Bonchev–Trinajstić information content (AvgIpc) is 2.19. The Labute approximate surface area is 138 Å². The number of hydrogen-bond acceptors (Lipinski definition) is 2. The van der Waals surface area contributed by atoms with Crippen LogP contribution in [0.3, 0.4) is 0 Å². The van der Waals surface area contributed by atoms with E-state index >= 15 is 0 Å².